The lowest BCUT2D eigenvalue weighted by Crippen LogP contribution is -2.70. The fourth-order valence-corrected chi connectivity index (χ4v) is 2.75. The van der Waals surface area contributed by atoms with Gasteiger partial charge in [-0.25, -0.2) is 4.99 Å². The maximum Gasteiger partial charge on any atom is 0.217 e. The normalized spacial score (nSPS) is 30.6. The lowest BCUT2D eigenvalue weighted by atomic mass is 9.91. The Bertz CT molecular complexity index is 505. The van der Waals surface area contributed by atoms with Crippen LogP contribution in [0.4, 0.5) is 0 Å². The quantitative estimate of drug-likeness (QED) is 0.172. The number of aliphatic hydroxyl groups is 3. The summed E-state index contributed by atoms with van der Waals surface area (Å²) in [4.78, 5) is 15.1. The molecule has 1 amide bonds. The highest BCUT2D eigenvalue weighted by atomic mass is 32.1. The molecule has 0 spiro atoms. The smallest absolute Gasteiger partial charge is 0.217 e. The van der Waals surface area contributed by atoms with E-state index in [1.807, 2.05) is 0 Å². The summed E-state index contributed by atoms with van der Waals surface area (Å²) in [6.45, 7) is 4.21. The van der Waals surface area contributed by atoms with Gasteiger partial charge in [0, 0.05) is 6.92 Å². The number of ether oxygens (including phenoxy) is 4. The van der Waals surface area contributed by atoms with Gasteiger partial charge in [-0.1, -0.05) is 0 Å². The molecule has 0 saturated carbocycles. The summed E-state index contributed by atoms with van der Waals surface area (Å²) in [5.74, 6) is -1.87. The first-order chi connectivity index (χ1) is 12.9. The van der Waals surface area contributed by atoms with E-state index in [1.165, 1.54) is 13.8 Å². The molecule has 10 nitrogen and oxygen atoms in total. The van der Waals surface area contributed by atoms with Gasteiger partial charge in [-0.05, 0) is 19.1 Å². The predicted octanol–water partition coefficient (Wildman–Crippen LogP) is -1.53. The minimum Gasteiger partial charge on any atom is -0.394 e. The van der Waals surface area contributed by atoms with Crippen molar-refractivity contribution in [3.8, 4) is 0 Å². The predicted molar refractivity (Wildman–Crippen MR) is 97.5 cm³/mol. The molecule has 0 bridgehead atoms. The van der Waals surface area contributed by atoms with Gasteiger partial charge in [0.2, 0.25) is 5.91 Å². The number of hydrogen-bond donors (Lipinski definition) is 4. The van der Waals surface area contributed by atoms with Crippen LogP contribution >= 0.6 is 12.2 Å². The van der Waals surface area contributed by atoms with E-state index in [4.69, 9.17) is 18.9 Å². The number of aliphatic imine (C=N–C) groups is 1. The lowest BCUT2D eigenvalue weighted by molar-refractivity contribution is -0.328. The van der Waals surface area contributed by atoms with Crippen molar-refractivity contribution in [2.24, 2.45) is 4.99 Å². The van der Waals surface area contributed by atoms with Crippen molar-refractivity contribution in [2.45, 2.75) is 44.0 Å². The Kier molecular flexibility index (Phi) is 11.1. The molecule has 1 aliphatic heterocycles. The molecular weight excluding hydrogens is 380 g/mol. The third-order valence-electron chi connectivity index (χ3n) is 3.96. The van der Waals surface area contributed by atoms with Crippen LogP contribution in [0.3, 0.4) is 0 Å². The fourth-order valence-electron chi connectivity index (χ4n) is 2.66. The van der Waals surface area contributed by atoms with E-state index < -0.39 is 42.7 Å². The molecule has 0 radical (unpaired) electrons. The fraction of sp³-hybridized carbons (Fsp3) is 0.875. The van der Waals surface area contributed by atoms with Crippen LogP contribution in [0.25, 0.3) is 0 Å². The SMILES string of the molecule is CC(=O)NC1[C@@H](O)[C@@H](O)C(CO)O[C@]1(C)OCCOCCOCCN=C=S. The minimum atomic E-state index is -1.45. The third-order valence-corrected chi connectivity index (χ3v) is 4.09. The summed E-state index contributed by atoms with van der Waals surface area (Å²) < 4.78 is 21.9. The maximum absolute atomic E-state index is 11.4. The van der Waals surface area contributed by atoms with Gasteiger partial charge in [0.1, 0.15) is 24.4 Å². The van der Waals surface area contributed by atoms with E-state index in [0.717, 1.165) is 0 Å². The molecule has 1 heterocycles. The maximum atomic E-state index is 11.4. The largest absolute Gasteiger partial charge is 0.394 e. The van der Waals surface area contributed by atoms with Gasteiger partial charge in [-0.15, -0.1) is 0 Å². The van der Waals surface area contributed by atoms with Crippen LogP contribution in [-0.4, -0.2) is 103 Å². The van der Waals surface area contributed by atoms with Gasteiger partial charge in [-0.2, -0.15) is 0 Å². The highest BCUT2D eigenvalue weighted by Gasteiger charge is 2.52. The van der Waals surface area contributed by atoms with Gasteiger partial charge >= 0.3 is 0 Å². The van der Waals surface area contributed by atoms with Crippen molar-refractivity contribution < 1.29 is 39.1 Å². The molecule has 2 unspecified atom stereocenters. The van der Waals surface area contributed by atoms with Crippen molar-refractivity contribution >= 4 is 23.3 Å². The molecule has 1 fully saturated rings. The Morgan fingerprint density at radius 2 is 1.85 bits per heavy atom. The Hall–Kier alpha value is -1.01. The molecular formula is C16H28N2O8S. The summed E-state index contributed by atoms with van der Waals surface area (Å²) in [5.41, 5.74) is 0. The second-order valence-corrected chi connectivity index (χ2v) is 6.24. The van der Waals surface area contributed by atoms with E-state index >= 15 is 0 Å². The van der Waals surface area contributed by atoms with Crippen LogP contribution in [0.1, 0.15) is 13.8 Å². The molecule has 1 aliphatic rings. The molecule has 0 aromatic rings. The summed E-state index contributed by atoms with van der Waals surface area (Å²) >= 11 is 4.44. The summed E-state index contributed by atoms with van der Waals surface area (Å²) in [6.07, 6.45) is -3.77. The van der Waals surface area contributed by atoms with Gasteiger partial charge in [0.25, 0.3) is 0 Å². The first-order valence-electron chi connectivity index (χ1n) is 8.60. The van der Waals surface area contributed by atoms with E-state index in [-0.39, 0.29) is 13.2 Å². The van der Waals surface area contributed by atoms with Crippen molar-refractivity contribution in [2.75, 3.05) is 46.2 Å². The van der Waals surface area contributed by atoms with Crippen LogP contribution in [-0.2, 0) is 23.7 Å². The zero-order chi connectivity index (χ0) is 20.3. The highest BCUT2D eigenvalue weighted by Crippen LogP contribution is 2.31. The zero-order valence-electron chi connectivity index (χ0n) is 15.5. The zero-order valence-corrected chi connectivity index (χ0v) is 16.3. The number of nitrogens with zero attached hydrogens (tertiary/aromatic N) is 1. The highest BCUT2D eigenvalue weighted by molar-refractivity contribution is 7.78. The number of carbonyl (C=O) groups is 1. The van der Waals surface area contributed by atoms with Crippen LogP contribution < -0.4 is 5.32 Å². The summed E-state index contributed by atoms with van der Waals surface area (Å²) in [7, 11) is 0. The lowest BCUT2D eigenvalue weighted by Gasteiger charge is -2.48. The van der Waals surface area contributed by atoms with Crippen molar-refractivity contribution in [1.29, 1.82) is 0 Å². The average molecular weight is 408 g/mol. The molecule has 11 heteroatoms. The number of thiocarbonyl (C=S) groups is 1. The molecule has 27 heavy (non-hydrogen) atoms. The summed E-state index contributed by atoms with van der Waals surface area (Å²) in [6, 6.07) is -1.02. The number of carbonyl (C=O) groups excluding carboxylic acids is 1. The van der Waals surface area contributed by atoms with Crippen molar-refractivity contribution in [3.05, 3.63) is 0 Å². The molecule has 156 valence electrons. The number of amides is 1. The topological polar surface area (TPSA) is 139 Å². The van der Waals surface area contributed by atoms with Crippen LogP contribution in [0.15, 0.2) is 4.99 Å². The van der Waals surface area contributed by atoms with Gasteiger partial charge in [0.05, 0.1) is 51.3 Å². The summed E-state index contributed by atoms with van der Waals surface area (Å²) in [5, 5.41) is 34.4. The second-order valence-electron chi connectivity index (χ2n) is 6.06. The Morgan fingerprint density at radius 3 is 2.44 bits per heavy atom. The van der Waals surface area contributed by atoms with Gasteiger partial charge in [-0.3, -0.25) is 4.79 Å². The number of aliphatic hydroxyl groups excluding tert-OH is 3. The number of nitrogens with one attached hydrogen (secondary N) is 1. The number of isothiocyanates is 1. The average Bonchev–Trinajstić information content (AvgIpc) is 2.63. The number of hydrogen-bond acceptors (Lipinski definition) is 10. The van der Waals surface area contributed by atoms with Crippen molar-refractivity contribution in [3.63, 3.8) is 0 Å². The molecule has 4 N–H and O–H groups in total. The molecule has 0 aromatic carbocycles. The van der Waals surface area contributed by atoms with E-state index in [9.17, 15) is 20.1 Å². The monoisotopic (exact) mass is 408 g/mol. The Labute approximate surface area is 163 Å². The second kappa shape index (κ2) is 12.4. The molecule has 5 atom stereocenters. The van der Waals surface area contributed by atoms with E-state index in [0.29, 0.717) is 26.4 Å². The van der Waals surface area contributed by atoms with Gasteiger partial charge < -0.3 is 39.6 Å². The van der Waals surface area contributed by atoms with Crippen LogP contribution in [0.5, 0.6) is 0 Å². The molecule has 1 rings (SSSR count). The first kappa shape index (κ1) is 24.0. The Balaban J connectivity index is 2.44. The minimum absolute atomic E-state index is 0.1000. The van der Waals surface area contributed by atoms with E-state index in [2.05, 4.69) is 27.7 Å². The standard InChI is InChI=1S/C16H28N2O8S/c1-11(20)18-15-14(22)13(21)12(9-19)26-16(15,2)25-8-7-24-6-5-23-4-3-17-10-27/h12-15,19,21-22H,3-9H2,1-2H3,(H,18,20)/t12?,13-,14-,15?,16-/m0/s1. The van der Waals surface area contributed by atoms with Crippen LogP contribution in [0.2, 0.25) is 0 Å². The molecule has 1 saturated heterocycles. The van der Waals surface area contributed by atoms with E-state index in [1.54, 1.807) is 0 Å². The molecule has 0 aromatic heterocycles. The van der Waals surface area contributed by atoms with Crippen molar-refractivity contribution in [1.82, 2.24) is 5.32 Å². The first-order valence-corrected chi connectivity index (χ1v) is 9.01. The third kappa shape index (κ3) is 7.86. The Morgan fingerprint density at radius 1 is 1.22 bits per heavy atom. The van der Waals surface area contributed by atoms with Gasteiger partial charge in [0.15, 0.2) is 5.79 Å². The van der Waals surface area contributed by atoms with Crippen LogP contribution in [0, 0.1) is 0 Å². The number of rotatable bonds is 12. The molecule has 0 aliphatic carbocycles.